The largest absolute Gasteiger partial charge is 0.442 e. The zero-order chi connectivity index (χ0) is 16.4. The molecule has 1 aliphatic heterocycles. The number of nitrogens with two attached hydrogens (primary N) is 2. The number of anilines is 2. The molecule has 0 aromatic carbocycles. The van der Waals surface area contributed by atoms with E-state index >= 15 is 0 Å². The highest BCUT2D eigenvalue weighted by atomic mass is 16.6. The summed E-state index contributed by atoms with van der Waals surface area (Å²) in [5.74, 6) is 0.141. The molecular weight excluding hydrogens is 298 g/mol. The fourth-order valence-corrected chi connectivity index (χ4v) is 3.17. The van der Waals surface area contributed by atoms with Gasteiger partial charge in [0.05, 0.1) is 36.4 Å². The van der Waals surface area contributed by atoms with E-state index in [-0.39, 0.29) is 12.0 Å². The molecule has 0 saturated carbocycles. The zero-order valence-corrected chi connectivity index (χ0v) is 12.7. The Morgan fingerprint density at radius 3 is 2.87 bits per heavy atom. The van der Waals surface area contributed by atoms with E-state index in [2.05, 4.69) is 27.1 Å². The Morgan fingerprint density at radius 2 is 2.22 bits per heavy atom. The Hall–Kier alpha value is -2.84. The number of carbonyl (C=O) groups is 1. The van der Waals surface area contributed by atoms with Gasteiger partial charge in [0.2, 0.25) is 0 Å². The van der Waals surface area contributed by atoms with Crippen LogP contribution >= 0.6 is 0 Å². The van der Waals surface area contributed by atoms with Crippen LogP contribution in [0.1, 0.15) is 13.0 Å². The lowest BCUT2D eigenvalue weighted by Crippen LogP contribution is -2.51. The number of primary amides is 1. The second-order valence-corrected chi connectivity index (χ2v) is 5.67. The minimum Gasteiger partial charge on any atom is -0.442 e. The summed E-state index contributed by atoms with van der Waals surface area (Å²) in [6, 6.07) is 1.71. The van der Waals surface area contributed by atoms with Crippen molar-refractivity contribution in [1.82, 2.24) is 20.0 Å². The number of piperidine rings is 1. The van der Waals surface area contributed by atoms with Gasteiger partial charge in [-0.2, -0.15) is 0 Å². The highest BCUT2D eigenvalue weighted by Crippen LogP contribution is 2.34. The van der Waals surface area contributed by atoms with Crippen LogP contribution in [0.4, 0.5) is 16.2 Å². The van der Waals surface area contributed by atoms with Gasteiger partial charge in [0.15, 0.2) is 0 Å². The third-order valence-electron chi connectivity index (χ3n) is 4.06. The molecule has 9 nitrogen and oxygen atoms in total. The van der Waals surface area contributed by atoms with Crippen LogP contribution in [-0.2, 0) is 4.74 Å². The maximum Gasteiger partial charge on any atom is 0.404 e. The van der Waals surface area contributed by atoms with E-state index in [1.807, 2.05) is 6.07 Å². The van der Waals surface area contributed by atoms with Gasteiger partial charge in [-0.1, -0.05) is 12.1 Å². The van der Waals surface area contributed by atoms with Crippen LogP contribution in [0, 0.1) is 5.92 Å². The first kappa shape index (κ1) is 15.1. The van der Waals surface area contributed by atoms with Crippen LogP contribution in [0.5, 0.6) is 0 Å². The van der Waals surface area contributed by atoms with E-state index in [0.29, 0.717) is 12.2 Å². The zero-order valence-electron chi connectivity index (χ0n) is 12.7. The van der Waals surface area contributed by atoms with Crippen molar-refractivity contribution in [2.45, 2.75) is 19.1 Å². The van der Waals surface area contributed by atoms with Crippen molar-refractivity contribution in [2.75, 3.05) is 23.7 Å². The van der Waals surface area contributed by atoms with Gasteiger partial charge in [0, 0.05) is 18.9 Å². The van der Waals surface area contributed by atoms with Crippen LogP contribution in [0.3, 0.4) is 0 Å². The van der Waals surface area contributed by atoms with E-state index < -0.39 is 12.2 Å². The summed E-state index contributed by atoms with van der Waals surface area (Å²) in [6.45, 7) is 3.26. The first-order valence-corrected chi connectivity index (χ1v) is 7.32. The molecule has 1 saturated heterocycles. The van der Waals surface area contributed by atoms with Gasteiger partial charge < -0.3 is 21.1 Å². The molecule has 2 aromatic rings. The third kappa shape index (κ3) is 3.03. The second kappa shape index (κ2) is 6.11. The minimum atomic E-state index is -0.808. The summed E-state index contributed by atoms with van der Waals surface area (Å²) >= 11 is 0. The number of nitrogen functional groups attached to an aromatic ring is 1. The summed E-state index contributed by atoms with van der Waals surface area (Å²) in [5, 5.41) is 7.88. The summed E-state index contributed by atoms with van der Waals surface area (Å²) in [4.78, 5) is 17.4. The lowest BCUT2D eigenvalue weighted by atomic mass is 9.91. The molecule has 3 atom stereocenters. The molecule has 0 radical (unpaired) electrons. The van der Waals surface area contributed by atoms with Crippen molar-refractivity contribution in [1.29, 1.82) is 0 Å². The maximum absolute atomic E-state index is 11.3. The van der Waals surface area contributed by atoms with Crippen molar-refractivity contribution in [2.24, 2.45) is 11.7 Å². The molecule has 1 amide bonds. The van der Waals surface area contributed by atoms with E-state index in [1.165, 1.54) is 0 Å². The Balaban J connectivity index is 1.89. The van der Waals surface area contributed by atoms with Gasteiger partial charge in [-0.15, -0.1) is 5.10 Å². The average molecular weight is 317 g/mol. The molecule has 4 N–H and O–H groups in total. The first-order chi connectivity index (χ1) is 11.1. The summed E-state index contributed by atoms with van der Waals surface area (Å²) in [7, 11) is 0. The second-order valence-electron chi connectivity index (χ2n) is 5.67. The molecule has 122 valence electrons. The van der Waals surface area contributed by atoms with Crippen molar-refractivity contribution in [3.8, 4) is 0 Å². The Bertz CT molecular complexity index is 676. The molecule has 9 heteroatoms. The van der Waals surface area contributed by atoms with Crippen LogP contribution in [0.25, 0.3) is 0 Å². The minimum absolute atomic E-state index is 0.135. The van der Waals surface area contributed by atoms with Gasteiger partial charge in [-0.25, -0.2) is 9.48 Å². The monoisotopic (exact) mass is 317 g/mol. The molecule has 3 rings (SSSR count). The number of hydrogen-bond donors (Lipinski definition) is 2. The number of nitrogens with zero attached hydrogens (tertiary/aromatic N) is 5. The van der Waals surface area contributed by atoms with Crippen LogP contribution in [-0.4, -0.2) is 45.3 Å². The third-order valence-corrected chi connectivity index (χ3v) is 4.06. The van der Waals surface area contributed by atoms with Crippen molar-refractivity contribution in [3.63, 3.8) is 0 Å². The molecular formula is C14H19N7O2. The normalized spacial score (nSPS) is 24.4. The Kier molecular flexibility index (Phi) is 4.00. The topological polar surface area (TPSA) is 125 Å². The Labute approximate surface area is 133 Å². The average Bonchev–Trinajstić information content (AvgIpc) is 3.00. The first-order valence-electron chi connectivity index (χ1n) is 7.32. The van der Waals surface area contributed by atoms with Crippen molar-refractivity contribution < 1.29 is 9.53 Å². The summed E-state index contributed by atoms with van der Waals surface area (Å²) in [6.07, 6.45) is 5.38. The molecule has 2 aromatic heterocycles. The Morgan fingerprint density at radius 1 is 1.39 bits per heavy atom. The van der Waals surface area contributed by atoms with E-state index in [9.17, 15) is 4.79 Å². The van der Waals surface area contributed by atoms with E-state index in [4.69, 9.17) is 16.2 Å². The number of carbonyl (C=O) groups excluding carboxylic acids is 1. The predicted octanol–water partition coefficient (Wildman–Crippen LogP) is 0.417. The predicted molar refractivity (Wildman–Crippen MR) is 83.5 cm³/mol. The van der Waals surface area contributed by atoms with Crippen molar-refractivity contribution in [3.05, 3.63) is 30.9 Å². The summed E-state index contributed by atoms with van der Waals surface area (Å²) < 4.78 is 7.06. The quantitative estimate of drug-likeness (QED) is 0.840. The van der Waals surface area contributed by atoms with Gasteiger partial charge in [0.1, 0.15) is 6.10 Å². The van der Waals surface area contributed by atoms with E-state index in [1.54, 1.807) is 29.5 Å². The lowest BCUT2D eigenvalue weighted by Gasteiger charge is -2.42. The number of rotatable bonds is 3. The van der Waals surface area contributed by atoms with Crippen LogP contribution in [0.2, 0.25) is 0 Å². The SMILES string of the molecule is C[C@H]1CN(c2ccncc2N)C[C@@H](OC(N)=O)[C@@H]1n1ccnn1. The molecule has 0 spiro atoms. The van der Waals surface area contributed by atoms with Gasteiger partial charge in [0.25, 0.3) is 0 Å². The standard InChI is InChI=1S/C14H19N7O2/c1-9-7-20(11-2-3-17-6-10(11)15)8-12(23-14(16)22)13(9)21-5-4-18-19-21/h2-6,9,12-13H,7-8,15H2,1H3,(H2,16,22)/t9-,12+,13+/m0/s1. The van der Waals surface area contributed by atoms with Crippen molar-refractivity contribution >= 4 is 17.5 Å². The van der Waals surface area contributed by atoms with Gasteiger partial charge in [-0.3, -0.25) is 4.98 Å². The van der Waals surface area contributed by atoms with Crippen LogP contribution < -0.4 is 16.4 Å². The number of amides is 1. The number of pyridine rings is 1. The van der Waals surface area contributed by atoms with Gasteiger partial charge in [-0.05, 0) is 12.0 Å². The molecule has 0 unspecified atom stereocenters. The molecule has 1 fully saturated rings. The molecule has 0 aliphatic carbocycles. The van der Waals surface area contributed by atoms with E-state index in [0.717, 1.165) is 12.2 Å². The lowest BCUT2D eigenvalue weighted by molar-refractivity contribution is 0.0389. The fraction of sp³-hybridized carbons (Fsp3) is 0.429. The highest BCUT2D eigenvalue weighted by molar-refractivity contribution is 5.67. The fourth-order valence-electron chi connectivity index (χ4n) is 3.17. The number of ether oxygens (including phenoxy) is 1. The molecule has 1 aliphatic rings. The number of hydrogen-bond acceptors (Lipinski definition) is 7. The van der Waals surface area contributed by atoms with Gasteiger partial charge >= 0.3 is 6.09 Å². The number of aromatic nitrogens is 4. The molecule has 0 bridgehead atoms. The van der Waals surface area contributed by atoms with Crippen LogP contribution in [0.15, 0.2) is 30.9 Å². The highest BCUT2D eigenvalue weighted by Gasteiger charge is 2.39. The summed E-state index contributed by atoms with van der Waals surface area (Å²) in [5.41, 5.74) is 12.7. The molecule has 23 heavy (non-hydrogen) atoms. The molecule has 3 heterocycles. The smallest absolute Gasteiger partial charge is 0.404 e. The maximum atomic E-state index is 11.3.